The highest BCUT2D eigenvalue weighted by Crippen LogP contribution is 2.40. The molecule has 0 aromatic rings. The molecule has 188 valence electrons. The van der Waals surface area contributed by atoms with Gasteiger partial charge in [-0.25, -0.2) is 0 Å². The first-order valence-corrected chi connectivity index (χ1v) is 13.3. The first kappa shape index (κ1) is 26.5. The number of carbonyl (C=O) groups is 1. The summed E-state index contributed by atoms with van der Waals surface area (Å²) >= 11 is 5.66. The fraction of sp³-hybridized carbons (Fsp3) is 0.630. The lowest BCUT2D eigenvalue weighted by molar-refractivity contribution is -0.129. The van der Waals surface area contributed by atoms with Crippen LogP contribution in [-0.2, 0) is 9.53 Å². The Kier molecular flexibility index (Phi) is 8.99. The summed E-state index contributed by atoms with van der Waals surface area (Å²) in [6, 6.07) is 0. The Labute approximate surface area is 210 Å². The molecule has 3 atom stereocenters. The number of aliphatic hydroxyl groups excluding tert-OH is 1. The minimum atomic E-state index is -1.11. The van der Waals surface area contributed by atoms with Gasteiger partial charge in [0.1, 0.15) is 17.4 Å². The van der Waals surface area contributed by atoms with Crippen LogP contribution in [-0.4, -0.2) is 69.3 Å². The van der Waals surface area contributed by atoms with Crippen molar-refractivity contribution >= 4 is 23.2 Å². The van der Waals surface area contributed by atoms with Crippen molar-refractivity contribution in [3.8, 4) is 0 Å². The Balaban J connectivity index is 2.03. The van der Waals surface area contributed by atoms with E-state index in [1.165, 1.54) is 5.70 Å². The summed E-state index contributed by atoms with van der Waals surface area (Å²) in [5.74, 6) is 0.354. The summed E-state index contributed by atoms with van der Waals surface area (Å²) in [6.07, 6.45) is 8.61. The number of unbranched alkanes of at least 4 members (excludes halogenated alkanes) is 2. The van der Waals surface area contributed by atoms with Gasteiger partial charge >= 0.3 is 0 Å². The van der Waals surface area contributed by atoms with Crippen molar-refractivity contribution in [3.05, 3.63) is 46.4 Å². The van der Waals surface area contributed by atoms with Crippen molar-refractivity contribution in [3.63, 3.8) is 0 Å². The van der Waals surface area contributed by atoms with Crippen LogP contribution in [0.5, 0.6) is 0 Å². The highest BCUT2D eigenvalue weighted by molar-refractivity contribution is 7.80. The molecule has 1 amide bonds. The zero-order valence-electron chi connectivity index (χ0n) is 21.6. The molecular weight excluding hydrogens is 446 g/mol. The van der Waals surface area contributed by atoms with Crippen molar-refractivity contribution in [1.29, 1.82) is 0 Å². The number of aliphatic hydroxyl groups is 1. The van der Waals surface area contributed by atoms with Crippen LogP contribution in [0.3, 0.4) is 0 Å². The lowest BCUT2D eigenvalue weighted by Crippen LogP contribution is -2.59. The van der Waals surface area contributed by atoms with Crippen LogP contribution in [0.2, 0.25) is 0 Å². The minimum absolute atomic E-state index is 0.128. The second-order valence-electron chi connectivity index (χ2n) is 9.33. The Morgan fingerprint density at radius 1 is 1.09 bits per heavy atom. The quantitative estimate of drug-likeness (QED) is 0.375. The highest BCUT2D eigenvalue weighted by atomic mass is 32.1. The molecule has 2 heterocycles. The van der Waals surface area contributed by atoms with E-state index < -0.39 is 6.23 Å². The predicted molar refractivity (Wildman–Crippen MR) is 141 cm³/mol. The Morgan fingerprint density at radius 2 is 1.74 bits per heavy atom. The number of allylic oxidation sites excluding steroid dienone is 3. The fourth-order valence-corrected chi connectivity index (χ4v) is 5.36. The van der Waals surface area contributed by atoms with E-state index in [0.29, 0.717) is 29.5 Å². The van der Waals surface area contributed by atoms with Gasteiger partial charge < -0.3 is 19.6 Å². The van der Waals surface area contributed by atoms with Gasteiger partial charge in [0.25, 0.3) is 5.91 Å². The van der Waals surface area contributed by atoms with Gasteiger partial charge in [-0.3, -0.25) is 9.69 Å². The van der Waals surface area contributed by atoms with Crippen LogP contribution >= 0.6 is 12.2 Å². The van der Waals surface area contributed by atoms with E-state index in [0.717, 1.165) is 49.9 Å². The molecule has 0 aromatic heterocycles. The van der Waals surface area contributed by atoms with Gasteiger partial charge in [-0.15, -0.1) is 0 Å². The summed E-state index contributed by atoms with van der Waals surface area (Å²) < 4.78 is 6.55. The summed E-state index contributed by atoms with van der Waals surface area (Å²) in [7, 11) is 0. The third-order valence-corrected chi connectivity index (χ3v) is 7.56. The van der Waals surface area contributed by atoms with Crippen LogP contribution in [0.4, 0.5) is 0 Å². The Bertz CT molecular complexity index is 916. The van der Waals surface area contributed by atoms with E-state index in [1.54, 1.807) is 9.80 Å². The number of thiocarbonyl (C=S) groups is 1. The maximum atomic E-state index is 13.6. The fourth-order valence-electron chi connectivity index (χ4n) is 4.99. The highest BCUT2D eigenvalue weighted by Gasteiger charge is 2.43. The first-order valence-electron chi connectivity index (χ1n) is 12.9. The molecule has 1 aliphatic carbocycles. The molecular formula is C27H41N3O3S. The van der Waals surface area contributed by atoms with Crippen LogP contribution in [0.1, 0.15) is 67.2 Å². The van der Waals surface area contributed by atoms with Crippen molar-refractivity contribution in [2.75, 3.05) is 26.2 Å². The third kappa shape index (κ3) is 4.96. The molecule has 0 saturated carbocycles. The number of carbonyl (C=O) groups excluding carboxylic acids is 1. The third-order valence-electron chi connectivity index (χ3n) is 7.11. The normalized spacial score (nSPS) is 27.1. The molecule has 3 unspecified atom stereocenters. The monoisotopic (exact) mass is 487 g/mol. The molecule has 0 radical (unpaired) electrons. The van der Waals surface area contributed by atoms with Crippen LogP contribution in [0, 0.1) is 5.92 Å². The number of hydrogen-bond acceptors (Lipinski definition) is 5. The molecule has 2 aliphatic heterocycles. The van der Waals surface area contributed by atoms with E-state index in [4.69, 9.17) is 17.0 Å². The predicted octanol–water partition coefficient (Wildman–Crippen LogP) is 4.74. The molecule has 3 aliphatic rings. The standard InChI is InChI=1S/C27H41N3O3S/c1-7-11-15-29-25(31)23(26(32)30(27(29)34)16-12-8-2)22-17-18(5)20-13-14-21(28(9-3)10-4)19(6)24(20)33-22/h13-14,17,19,24-25,31H,7-12,15-16H2,1-6H3/b23-22-. The Morgan fingerprint density at radius 3 is 2.35 bits per heavy atom. The summed E-state index contributed by atoms with van der Waals surface area (Å²) in [4.78, 5) is 19.4. The second kappa shape index (κ2) is 11.5. The number of hydrogen-bond donors (Lipinski definition) is 1. The largest absolute Gasteiger partial charge is 0.484 e. The average molecular weight is 488 g/mol. The van der Waals surface area contributed by atoms with E-state index in [9.17, 15) is 9.90 Å². The van der Waals surface area contributed by atoms with Gasteiger partial charge in [0.05, 0.1) is 0 Å². The molecule has 0 spiro atoms. The molecule has 34 heavy (non-hydrogen) atoms. The maximum Gasteiger partial charge on any atom is 0.264 e. The summed E-state index contributed by atoms with van der Waals surface area (Å²) in [5.41, 5.74) is 3.73. The molecule has 7 heteroatoms. The zero-order chi connectivity index (χ0) is 25.0. The minimum Gasteiger partial charge on any atom is -0.484 e. The molecule has 0 aromatic carbocycles. The van der Waals surface area contributed by atoms with Crippen LogP contribution in [0.15, 0.2) is 46.4 Å². The lowest BCUT2D eigenvalue weighted by Gasteiger charge is -2.44. The van der Waals surface area contributed by atoms with E-state index in [-0.39, 0.29) is 17.9 Å². The Hall–Kier alpha value is -2.12. The molecule has 0 bridgehead atoms. The summed E-state index contributed by atoms with van der Waals surface area (Å²) in [6.45, 7) is 15.8. The number of fused-ring (bicyclic) bond motifs is 1. The molecule has 6 nitrogen and oxygen atoms in total. The maximum absolute atomic E-state index is 13.6. The SMILES string of the molecule is CCCCN1C(=O)/C(=C2/C=C(C)C3=CC=C(N(CC)CC)C(C)C3O2)C(O)N(CCCC)C1=S. The van der Waals surface area contributed by atoms with Gasteiger partial charge in [0.15, 0.2) is 11.3 Å². The topological polar surface area (TPSA) is 56.3 Å². The van der Waals surface area contributed by atoms with Crippen LogP contribution < -0.4 is 0 Å². The van der Waals surface area contributed by atoms with Gasteiger partial charge in [-0.2, -0.15) is 0 Å². The number of nitrogens with zero attached hydrogens (tertiary/aromatic N) is 3. The molecule has 1 fully saturated rings. The second-order valence-corrected chi connectivity index (χ2v) is 9.70. The molecule has 3 rings (SSSR count). The van der Waals surface area contributed by atoms with Gasteiger partial charge in [-0.05, 0) is 69.1 Å². The van der Waals surface area contributed by atoms with E-state index in [1.807, 2.05) is 6.08 Å². The number of rotatable bonds is 9. The average Bonchev–Trinajstić information content (AvgIpc) is 2.81. The van der Waals surface area contributed by atoms with Crippen molar-refractivity contribution in [1.82, 2.24) is 14.7 Å². The summed E-state index contributed by atoms with van der Waals surface area (Å²) in [5, 5.41) is 11.8. The van der Waals surface area contributed by atoms with E-state index in [2.05, 4.69) is 58.6 Å². The number of amides is 1. The van der Waals surface area contributed by atoms with E-state index >= 15 is 0 Å². The van der Waals surface area contributed by atoms with Crippen LogP contribution in [0.25, 0.3) is 0 Å². The molecule has 1 N–H and O–H groups in total. The van der Waals surface area contributed by atoms with Gasteiger partial charge in [0.2, 0.25) is 0 Å². The van der Waals surface area contributed by atoms with Gasteiger partial charge in [-0.1, -0.05) is 39.7 Å². The first-order chi connectivity index (χ1) is 16.3. The molecule has 1 saturated heterocycles. The zero-order valence-corrected chi connectivity index (χ0v) is 22.5. The van der Waals surface area contributed by atoms with Crippen molar-refractivity contribution < 1.29 is 14.6 Å². The van der Waals surface area contributed by atoms with Crippen molar-refractivity contribution in [2.45, 2.75) is 79.6 Å². The lowest BCUT2D eigenvalue weighted by atomic mass is 9.83. The van der Waals surface area contributed by atoms with Crippen molar-refractivity contribution in [2.24, 2.45) is 5.92 Å². The number of ether oxygens (including phenoxy) is 1. The van der Waals surface area contributed by atoms with Gasteiger partial charge in [0, 0.05) is 37.8 Å². The smallest absolute Gasteiger partial charge is 0.264 e.